The van der Waals surface area contributed by atoms with E-state index in [-0.39, 0.29) is 0 Å². The lowest BCUT2D eigenvalue weighted by molar-refractivity contribution is 0.0699. The van der Waals surface area contributed by atoms with E-state index in [0.717, 1.165) is 21.9 Å². The first-order chi connectivity index (χ1) is 14.0. The van der Waals surface area contributed by atoms with Crippen molar-refractivity contribution in [3.63, 3.8) is 0 Å². The summed E-state index contributed by atoms with van der Waals surface area (Å²) in [6.45, 7) is 0. The van der Waals surface area contributed by atoms with Crippen LogP contribution >= 0.6 is 0 Å². The number of aromatic carboxylic acids is 1. The second kappa shape index (κ2) is 9.24. The Balaban J connectivity index is 0.000000169. The molecule has 0 spiro atoms. The molecule has 4 heteroatoms. The molecule has 0 saturated heterocycles. The molecule has 29 heavy (non-hydrogen) atoms. The number of carboxylic acids is 1. The highest BCUT2D eigenvalue weighted by molar-refractivity contribution is 6.03. The van der Waals surface area contributed by atoms with Gasteiger partial charge >= 0.3 is 5.97 Å². The molecule has 144 valence electrons. The van der Waals surface area contributed by atoms with Gasteiger partial charge in [0.25, 0.3) is 0 Å². The lowest BCUT2D eigenvalue weighted by atomic mass is 10.1. The van der Waals surface area contributed by atoms with Gasteiger partial charge in [0, 0.05) is 0 Å². The molecule has 4 aromatic carbocycles. The first-order valence-electron chi connectivity index (χ1n) is 9.14. The number of benzene rings is 4. The maximum Gasteiger partial charge on any atom is 0.336 e. The number of hydrogen-bond donors (Lipinski definition) is 3. The average Bonchev–Trinajstić information content (AvgIpc) is 2.75. The average molecular weight is 382 g/mol. The van der Waals surface area contributed by atoms with Gasteiger partial charge in [0.1, 0.15) is 0 Å². The van der Waals surface area contributed by atoms with Gasteiger partial charge in [-0.3, -0.25) is 0 Å². The van der Waals surface area contributed by atoms with Crippen molar-refractivity contribution >= 4 is 40.3 Å². The Kier molecular flexibility index (Phi) is 6.28. The largest absolute Gasteiger partial charge is 0.478 e. The third kappa shape index (κ3) is 5.23. The molecule has 0 heterocycles. The second-order valence-corrected chi connectivity index (χ2v) is 6.46. The van der Waals surface area contributed by atoms with Crippen LogP contribution in [0.4, 0.5) is 11.4 Å². The van der Waals surface area contributed by atoms with Gasteiger partial charge < -0.3 is 16.6 Å². The van der Waals surface area contributed by atoms with Crippen LogP contribution in [0.25, 0.3) is 22.9 Å². The molecule has 0 saturated carbocycles. The van der Waals surface area contributed by atoms with E-state index in [2.05, 4.69) is 12.1 Å². The normalized spacial score (nSPS) is 10.5. The summed E-state index contributed by atoms with van der Waals surface area (Å²) in [4.78, 5) is 10.8. The van der Waals surface area contributed by atoms with Crippen LogP contribution in [0.3, 0.4) is 0 Å². The van der Waals surface area contributed by atoms with Crippen LogP contribution in [-0.2, 0) is 0 Å². The van der Waals surface area contributed by atoms with Crippen molar-refractivity contribution in [1.82, 2.24) is 0 Å². The van der Waals surface area contributed by atoms with Gasteiger partial charge in [-0.1, -0.05) is 84.9 Å². The Morgan fingerprint density at radius 3 is 2.07 bits per heavy atom. The lowest BCUT2D eigenvalue weighted by Crippen LogP contribution is -1.96. The number of nitrogen functional groups attached to an aromatic ring is 2. The maximum atomic E-state index is 10.8. The Hall–Kier alpha value is -4.05. The van der Waals surface area contributed by atoms with E-state index in [4.69, 9.17) is 16.6 Å². The van der Waals surface area contributed by atoms with Gasteiger partial charge in [0.05, 0.1) is 16.9 Å². The SMILES string of the molecule is Nc1ccc(C=Cc2ccccc2)cc1N.O=C(O)c1cccc2ccccc12. The molecule has 0 unspecified atom stereocenters. The molecule has 0 aliphatic heterocycles. The summed E-state index contributed by atoms with van der Waals surface area (Å²) < 4.78 is 0. The fraction of sp³-hybridized carbons (Fsp3) is 0. The van der Waals surface area contributed by atoms with E-state index in [0.29, 0.717) is 16.9 Å². The molecular formula is C25H22N2O2. The molecule has 0 bridgehead atoms. The molecule has 4 nitrogen and oxygen atoms in total. The number of nitrogens with two attached hydrogens (primary N) is 2. The van der Waals surface area contributed by atoms with Crippen molar-refractivity contribution in [2.75, 3.05) is 11.5 Å². The van der Waals surface area contributed by atoms with Crippen molar-refractivity contribution in [3.05, 3.63) is 108 Å². The minimum Gasteiger partial charge on any atom is -0.478 e. The maximum absolute atomic E-state index is 10.8. The zero-order valence-electron chi connectivity index (χ0n) is 15.8. The van der Waals surface area contributed by atoms with Gasteiger partial charge in [0.15, 0.2) is 0 Å². The molecule has 0 aromatic heterocycles. The fourth-order valence-electron chi connectivity index (χ4n) is 2.87. The van der Waals surface area contributed by atoms with Crippen LogP contribution in [0.2, 0.25) is 0 Å². The van der Waals surface area contributed by atoms with Gasteiger partial charge in [-0.05, 0) is 40.1 Å². The zero-order chi connectivity index (χ0) is 20.6. The van der Waals surface area contributed by atoms with Crippen molar-refractivity contribution in [2.24, 2.45) is 0 Å². The highest BCUT2D eigenvalue weighted by atomic mass is 16.4. The summed E-state index contributed by atoms with van der Waals surface area (Å²) in [5.41, 5.74) is 15.2. The molecule has 0 radical (unpaired) electrons. The van der Waals surface area contributed by atoms with Crippen LogP contribution in [0.5, 0.6) is 0 Å². The molecule has 0 amide bonds. The van der Waals surface area contributed by atoms with Gasteiger partial charge in [0.2, 0.25) is 0 Å². The third-order valence-electron chi connectivity index (χ3n) is 4.40. The second-order valence-electron chi connectivity index (χ2n) is 6.46. The molecule has 0 fully saturated rings. The Bertz CT molecular complexity index is 1150. The quantitative estimate of drug-likeness (QED) is 0.320. The van der Waals surface area contributed by atoms with Crippen molar-refractivity contribution < 1.29 is 9.90 Å². The van der Waals surface area contributed by atoms with Crippen LogP contribution in [-0.4, -0.2) is 11.1 Å². The van der Waals surface area contributed by atoms with Gasteiger partial charge in [-0.25, -0.2) is 4.79 Å². The Morgan fingerprint density at radius 1 is 0.690 bits per heavy atom. The predicted octanol–water partition coefficient (Wildman–Crippen LogP) is 5.56. The fourth-order valence-corrected chi connectivity index (χ4v) is 2.87. The van der Waals surface area contributed by atoms with Crippen molar-refractivity contribution in [1.29, 1.82) is 0 Å². The highest BCUT2D eigenvalue weighted by Gasteiger charge is 2.05. The number of fused-ring (bicyclic) bond motifs is 1. The molecule has 4 rings (SSSR count). The zero-order valence-corrected chi connectivity index (χ0v) is 15.8. The summed E-state index contributed by atoms with van der Waals surface area (Å²) >= 11 is 0. The summed E-state index contributed by atoms with van der Waals surface area (Å²) in [5.74, 6) is -0.878. The third-order valence-corrected chi connectivity index (χ3v) is 4.40. The predicted molar refractivity (Wildman–Crippen MR) is 122 cm³/mol. The molecule has 4 aromatic rings. The van der Waals surface area contributed by atoms with E-state index in [1.54, 1.807) is 12.1 Å². The molecule has 0 aliphatic carbocycles. The van der Waals surface area contributed by atoms with E-state index < -0.39 is 5.97 Å². The number of rotatable bonds is 3. The Morgan fingerprint density at radius 2 is 1.34 bits per heavy atom. The summed E-state index contributed by atoms with van der Waals surface area (Å²) in [6, 6.07) is 28.5. The first kappa shape index (κ1) is 19.7. The van der Waals surface area contributed by atoms with Gasteiger partial charge in [-0.2, -0.15) is 0 Å². The molecule has 0 atom stereocenters. The smallest absolute Gasteiger partial charge is 0.336 e. The highest BCUT2D eigenvalue weighted by Crippen LogP contribution is 2.18. The van der Waals surface area contributed by atoms with Crippen molar-refractivity contribution in [2.45, 2.75) is 0 Å². The molecular weight excluding hydrogens is 360 g/mol. The first-order valence-corrected chi connectivity index (χ1v) is 9.14. The number of carbonyl (C=O) groups is 1. The lowest BCUT2D eigenvalue weighted by Gasteiger charge is -2.00. The molecule has 0 aliphatic rings. The monoisotopic (exact) mass is 382 g/mol. The topological polar surface area (TPSA) is 89.3 Å². The van der Waals surface area contributed by atoms with Crippen LogP contribution in [0, 0.1) is 0 Å². The van der Waals surface area contributed by atoms with Crippen LogP contribution in [0.15, 0.2) is 91.0 Å². The van der Waals surface area contributed by atoms with Crippen LogP contribution in [0.1, 0.15) is 21.5 Å². The minimum absolute atomic E-state index is 0.359. The Labute approximate surface area is 169 Å². The molecule has 5 N–H and O–H groups in total. The number of hydrogen-bond acceptors (Lipinski definition) is 3. The van der Waals surface area contributed by atoms with E-state index >= 15 is 0 Å². The van der Waals surface area contributed by atoms with Crippen LogP contribution < -0.4 is 11.5 Å². The summed E-state index contributed by atoms with van der Waals surface area (Å²) in [7, 11) is 0. The summed E-state index contributed by atoms with van der Waals surface area (Å²) in [5, 5.41) is 10.6. The number of anilines is 2. The van der Waals surface area contributed by atoms with E-state index in [9.17, 15) is 4.79 Å². The standard InChI is InChI=1S/C14H14N2.C11H8O2/c15-13-9-8-12(10-14(13)16)7-6-11-4-2-1-3-5-11;12-11(13)10-7-3-5-8-4-1-2-6-9(8)10/h1-10H,15-16H2;1-7H,(H,12,13). The van der Waals surface area contributed by atoms with E-state index in [1.807, 2.05) is 78.9 Å². The number of carboxylic acid groups (broad SMARTS) is 1. The van der Waals surface area contributed by atoms with Crippen molar-refractivity contribution in [3.8, 4) is 0 Å². The minimum atomic E-state index is -0.878. The van der Waals surface area contributed by atoms with Gasteiger partial charge in [-0.15, -0.1) is 0 Å². The summed E-state index contributed by atoms with van der Waals surface area (Å²) in [6.07, 6.45) is 4.07. The van der Waals surface area contributed by atoms with E-state index in [1.165, 1.54) is 0 Å².